The molecule has 5 nitrogen and oxygen atoms in total. The quantitative estimate of drug-likeness (QED) is 0.868. The van der Waals surface area contributed by atoms with Crippen molar-refractivity contribution in [2.24, 2.45) is 0 Å². The Morgan fingerprint density at radius 2 is 2.45 bits per heavy atom. The minimum atomic E-state index is -0.606. The summed E-state index contributed by atoms with van der Waals surface area (Å²) in [6.45, 7) is 4.12. The van der Waals surface area contributed by atoms with E-state index in [-0.39, 0.29) is 12.0 Å². The molecule has 0 amide bonds. The first-order chi connectivity index (χ1) is 9.52. The second kappa shape index (κ2) is 6.14. The van der Waals surface area contributed by atoms with Crippen LogP contribution in [0.3, 0.4) is 0 Å². The summed E-state index contributed by atoms with van der Waals surface area (Å²) in [5, 5.41) is 8.29. The normalized spacial score (nSPS) is 26.5. The fourth-order valence-corrected chi connectivity index (χ4v) is 3.04. The summed E-state index contributed by atoms with van der Waals surface area (Å²) in [7, 11) is 1.82. The van der Waals surface area contributed by atoms with Crippen LogP contribution in [0.5, 0.6) is 0 Å². The number of aryl methyl sites for hydroxylation is 1. The first-order valence-electron chi connectivity index (χ1n) is 7.10. The number of halogens is 1. The van der Waals surface area contributed by atoms with E-state index in [9.17, 15) is 4.79 Å². The highest BCUT2D eigenvalue weighted by molar-refractivity contribution is 6.31. The van der Waals surface area contributed by atoms with Crippen LogP contribution in [0.4, 0.5) is 0 Å². The molecule has 1 fully saturated rings. The molecule has 20 heavy (non-hydrogen) atoms. The summed E-state index contributed by atoms with van der Waals surface area (Å²) in [5.41, 5.74) is 0.217. The molecule has 0 aliphatic heterocycles. The Balaban J connectivity index is 2.20. The second-order valence-corrected chi connectivity index (χ2v) is 5.75. The Bertz CT molecular complexity index is 469. The summed E-state index contributed by atoms with van der Waals surface area (Å²) in [6.07, 6.45) is 5.28. The smallest absolute Gasteiger partial charge is 0.326 e. The van der Waals surface area contributed by atoms with Crippen LogP contribution < -0.4 is 5.32 Å². The van der Waals surface area contributed by atoms with E-state index in [2.05, 4.69) is 10.4 Å². The van der Waals surface area contributed by atoms with Gasteiger partial charge in [0.1, 0.15) is 5.54 Å². The molecular formula is C14H22ClN3O2. The van der Waals surface area contributed by atoms with Crippen LogP contribution in [-0.4, -0.2) is 34.9 Å². The molecule has 1 aromatic rings. The average molecular weight is 300 g/mol. The largest absolute Gasteiger partial charge is 0.465 e. The van der Waals surface area contributed by atoms with Gasteiger partial charge < -0.3 is 10.1 Å². The fraction of sp³-hybridized carbons (Fsp3) is 0.714. The first kappa shape index (κ1) is 15.3. The number of aromatic nitrogens is 2. The predicted octanol–water partition coefficient (Wildman–Crippen LogP) is 2.48. The van der Waals surface area contributed by atoms with Crippen molar-refractivity contribution in [3.05, 3.63) is 16.9 Å². The molecule has 1 aromatic heterocycles. The summed E-state index contributed by atoms with van der Waals surface area (Å²) >= 11 is 6.08. The SMILES string of the molecule is CCOC(=O)C1(NC)CCCC(n2cc(Cl)c(C)n2)C1. The second-order valence-electron chi connectivity index (χ2n) is 5.35. The van der Waals surface area contributed by atoms with Crippen LogP contribution in [0.15, 0.2) is 6.20 Å². The number of ether oxygens (including phenoxy) is 1. The third-order valence-electron chi connectivity index (χ3n) is 4.10. The van der Waals surface area contributed by atoms with E-state index in [0.717, 1.165) is 25.0 Å². The monoisotopic (exact) mass is 299 g/mol. The highest BCUT2D eigenvalue weighted by Crippen LogP contribution is 2.36. The molecule has 2 unspecified atom stereocenters. The Morgan fingerprint density at radius 1 is 1.70 bits per heavy atom. The Labute approximate surface area is 124 Å². The fourth-order valence-electron chi connectivity index (χ4n) is 2.90. The van der Waals surface area contributed by atoms with Crippen LogP contribution >= 0.6 is 11.6 Å². The number of esters is 1. The third kappa shape index (κ3) is 2.83. The lowest BCUT2D eigenvalue weighted by atomic mass is 9.79. The van der Waals surface area contributed by atoms with Gasteiger partial charge in [-0.2, -0.15) is 5.10 Å². The predicted molar refractivity (Wildman–Crippen MR) is 77.9 cm³/mol. The number of likely N-dealkylation sites (N-methyl/N-ethyl adjacent to an activating group) is 1. The van der Waals surface area contributed by atoms with Crippen molar-refractivity contribution >= 4 is 17.6 Å². The van der Waals surface area contributed by atoms with Gasteiger partial charge in [0.2, 0.25) is 0 Å². The maximum Gasteiger partial charge on any atom is 0.326 e. The molecule has 0 spiro atoms. The standard InChI is InChI=1S/C14H22ClN3O2/c1-4-20-13(19)14(16-3)7-5-6-11(8-14)18-9-12(15)10(2)17-18/h9,11,16H,4-8H2,1-3H3. The molecule has 112 valence electrons. The van der Waals surface area contributed by atoms with Crippen molar-refractivity contribution in [3.63, 3.8) is 0 Å². The van der Waals surface area contributed by atoms with Gasteiger partial charge in [-0.05, 0) is 46.6 Å². The van der Waals surface area contributed by atoms with Crippen molar-refractivity contribution in [1.82, 2.24) is 15.1 Å². The lowest BCUT2D eigenvalue weighted by molar-refractivity contribution is -0.153. The summed E-state index contributed by atoms with van der Waals surface area (Å²) in [4.78, 5) is 12.3. The van der Waals surface area contributed by atoms with Crippen molar-refractivity contribution in [1.29, 1.82) is 0 Å². The van der Waals surface area contributed by atoms with Crippen molar-refractivity contribution < 1.29 is 9.53 Å². The highest BCUT2D eigenvalue weighted by Gasteiger charge is 2.43. The number of hydrogen-bond acceptors (Lipinski definition) is 4. The van der Waals surface area contributed by atoms with Gasteiger partial charge in [0.05, 0.1) is 23.4 Å². The van der Waals surface area contributed by atoms with E-state index < -0.39 is 5.54 Å². The molecule has 0 saturated heterocycles. The number of rotatable bonds is 4. The molecule has 1 saturated carbocycles. The Kier molecular flexibility index (Phi) is 4.70. The van der Waals surface area contributed by atoms with Gasteiger partial charge in [-0.25, -0.2) is 0 Å². The van der Waals surface area contributed by atoms with Crippen LogP contribution in [0.1, 0.15) is 44.3 Å². The van der Waals surface area contributed by atoms with Crippen LogP contribution in [-0.2, 0) is 9.53 Å². The van der Waals surface area contributed by atoms with Crippen LogP contribution in [0.25, 0.3) is 0 Å². The molecular weight excluding hydrogens is 278 g/mol. The van der Waals surface area contributed by atoms with Crippen molar-refractivity contribution in [3.8, 4) is 0 Å². The number of nitrogens with zero attached hydrogens (tertiary/aromatic N) is 2. The number of carbonyl (C=O) groups is 1. The molecule has 2 rings (SSSR count). The summed E-state index contributed by atoms with van der Waals surface area (Å²) in [6, 6.07) is 0.173. The van der Waals surface area contributed by atoms with Gasteiger partial charge in [-0.3, -0.25) is 9.48 Å². The summed E-state index contributed by atoms with van der Waals surface area (Å²) in [5.74, 6) is -0.165. The van der Waals surface area contributed by atoms with Crippen molar-refractivity contribution in [2.45, 2.75) is 51.1 Å². The molecule has 0 bridgehead atoms. The highest BCUT2D eigenvalue weighted by atomic mass is 35.5. The lowest BCUT2D eigenvalue weighted by Crippen LogP contribution is -2.54. The van der Waals surface area contributed by atoms with Gasteiger partial charge in [0.15, 0.2) is 0 Å². The Hall–Kier alpha value is -1.07. The molecule has 6 heteroatoms. The molecule has 0 radical (unpaired) electrons. The van der Waals surface area contributed by atoms with Gasteiger partial charge in [0, 0.05) is 6.20 Å². The molecule has 1 aliphatic rings. The zero-order valence-corrected chi connectivity index (χ0v) is 13.0. The summed E-state index contributed by atoms with van der Waals surface area (Å²) < 4.78 is 7.12. The zero-order chi connectivity index (χ0) is 14.8. The Morgan fingerprint density at radius 3 is 3.00 bits per heavy atom. The zero-order valence-electron chi connectivity index (χ0n) is 12.3. The van der Waals surface area contributed by atoms with Crippen LogP contribution in [0.2, 0.25) is 5.02 Å². The average Bonchev–Trinajstić information content (AvgIpc) is 2.79. The minimum Gasteiger partial charge on any atom is -0.465 e. The molecule has 1 N–H and O–H groups in total. The minimum absolute atomic E-state index is 0.165. The van der Waals surface area contributed by atoms with Crippen LogP contribution in [0, 0.1) is 6.92 Å². The van der Waals surface area contributed by atoms with Crippen molar-refractivity contribution in [2.75, 3.05) is 13.7 Å². The van der Waals surface area contributed by atoms with Gasteiger partial charge >= 0.3 is 5.97 Å². The molecule has 1 heterocycles. The topological polar surface area (TPSA) is 56.1 Å². The number of hydrogen-bond donors (Lipinski definition) is 1. The van der Waals surface area contributed by atoms with E-state index in [4.69, 9.17) is 16.3 Å². The first-order valence-corrected chi connectivity index (χ1v) is 7.47. The molecule has 2 atom stereocenters. The molecule has 1 aliphatic carbocycles. The number of carbonyl (C=O) groups excluding carboxylic acids is 1. The maximum atomic E-state index is 12.3. The van der Waals surface area contributed by atoms with Gasteiger partial charge in [-0.1, -0.05) is 11.6 Å². The number of nitrogens with one attached hydrogen (secondary N) is 1. The maximum absolute atomic E-state index is 12.3. The van der Waals surface area contributed by atoms with E-state index in [1.54, 1.807) is 0 Å². The lowest BCUT2D eigenvalue weighted by Gasteiger charge is -2.38. The van der Waals surface area contributed by atoms with E-state index in [1.165, 1.54) is 0 Å². The van der Waals surface area contributed by atoms with Gasteiger partial charge in [-0.15, -0.1) is 0 Å². The van der Waals surface area contributed by atoms with E-state index in [0.29, 0.717) is 18.1 Å². The van der Waals surface area contributed by atoms with Gasteiger partial charge in [0.25, 0.3) is 0 Å². The van der Waals surface area contributed by atoms with E-state index >= 15 is 0 Å². The molecule has 0 aromatic carbocycles. The van der Waals surface area contributed by atoms with E-state index in [1.807, 2.05) is 31.8 Å². The third-order valence-corrected chi connectivity index (χ3v) is 4.47.